The molecule has 0 bridgehead atoms. The molecule has 0 saturated carbocycles. The van der Waals surface area contributed by atoms with Crippen molar-refractivity contribution in [1.29, 1.82) is 0 Å². The summed E-state index contributed by atoms with van der Waals surface area (Å²) < 4.78 is 0. The molecular weight excluding hydrogens is 214 g/mol. The molecule has 2 atom stereocenters. The normalized spacial score (nSPS) is 15.0. The molecule has 0 heterocycles. The molecule has 0 aromatic heterocycles. The maximum atomic E-state index is 3.64. The van der Waals surface area contributed by atoms with Crippen molar-refractivity contribution >= 4 is 11.8 Å². The Bertz CT molecular complexity index is 139. The van der Waals surface area contributed by atoms with E-state index in [9.17, 15) is 0 Å². The maximum Gasteiger partial charge on any atom is 0.0160 e. The van der Waals surface area contributed by atoms with Crippen LogP contribution in [0.1, 0.15) is 59.8 Å². The van der Waals surface area contributed by atoms with Crippen LogP contribution in [0, 0.1) is 5.92 Å². The molecule has 0 aromatic carbocycles. The van der Waals surface area contributed by atoms with Gasteiger partial charge in [-0.25, -0.2) is 0 Å². The Hall–Kier alpha value is 0.310. The Kier molecular flexibility index (Phi) is 12.0. The number of nitrogens with one attached hydrogen (secondary N) is 1. The van der Waals surface area contributed by atoms with Crippen molar-refractivity contribution in [3.8, 4) is 0 Å². The van der Waals surface area contributed by atoms with Crippen LogP contribution < -0.4 is 5.32 Å². The summed E-state index contributed by atoms with van der Waals surface area (Å²) in [6.45, 7) is 10.2. The fourth-order valence-corrected chi connectivity index (χ4v) is 2.92. The molecule has 0 aliphatic rings. The summed E-state index contributed by atoms with van der Waals surface area (Å²) >= 11 is 2.07. The first-order chi connectivity index (χ1) is 7.78. The molecule has 0 radical (unpaired) electrons. The van der Waals surface area contributed by atoms with Gasteiger partial charge in [0.05, 0.1) is 0 Å². The molecule has 0 aromatic rings. The molecule has 98 valence electrons. The third-order valence-corrected chi connectivity index (χ3v) is 4.22. The number of rotatable bonds is 11. The Morgan fingerprint density at radius 1 is 1.12 bits per heavy atom. The van der Waals surface area contributed by atoms with Gasteiger partial charge in [0.25, 0.3) is 0 Å². The maximum absolute atomic E-state index is 3.64. The number of thioether (sulfide) groups is 1. The summed E-state index contributed by atoms with van der Waals surface area (Å²) in [5.41, 5.74) is 0. The zero-order chi connectivity index (χ0) is 12.2. The van der Waals surface area contributed by atoms with Gasteiger partial charge in [0.15, 0.2) is 0 Å². The number of unbranched alkanes of at least 4 members (excludes halogenated alkanes) is 1. The Morgan fingerprint density at radius 3 is 2.38 bits per heavy atom. The fraction of sp³-hybridized carbons (Fsp3) is 1.00. The summed E-state index contributed by atoms with van der Waals surface area (Å²) in [6.07, 6.45) is 6.88. The van der Waals surface area contributed by atoms with Crippen LogP contribution >= 0.6 is 11.8 Å². The lowest BCUT2D eigenvalue weighted by Crippen LogP contribution is -2.33. The quantitative estimate of drug-likeness (QED) is 0.582. The van der Waals surface area contributed by atoms with Gasteiger partial charge < -0.3 is 5.32 Å². The van der Waals surface area contributed by atoms with Crippen molar-refractivity contribution in [2.24, 2.45) is 5.92 Å². The van der Waals surface area contributed by atoms with Gasteiger partial charge in [-0.1, -0.05) is 53.4 Å². The van der Waals surface area contributed by atoms with Crippen LogP contribution in [0.5, 0.6) is 0 Å². The van der Waals surface area contributed by atoms with Crippen molar-refractivity contribution in [2.75, 3.05) is 18.1 Å². The predicted octanol–water partition coefficient (Wildman–Crippen LogP) is 4.32. The first-order valence-corrected chi connectivity index (χ1v) is 8.24. The SMILES string of the molecule is CCCCC(CC)CC(CSCC)NCC. The van der Waals surface area contributed by atoms with Gasteiger partial charge >= 0.3 is 0 Å². The summed E-state index contributed by atoms with van der Waals surface area (Å²) in [5, 5.41) is 3.64. The second-order valence-corrected chi connectivity index (χ2v) is 5.89. The van der Waals surface area contributed by atoms with Crippen molar-refractivity contribution < 1.29 is 0 Å². The molecular formula is C14H31NS. The minimum Gasteiger partial charge on any atom is -0.313 e. The van der Waals surface area contributed by atoms with Gasteiger partial charge in [-0.05, 0) is 24.6 Å². The average molecular weight is 245 g/mol. The zero-order valence-corrected chi connectivity index (χ0v) is 12.5. The molecule has 0 rings (SSSR count). The van der Waals surface area contributed by atoms with E-state index >= 15 is 0 Å². The molecule has 16 heavy (non-hydrogen) atoms. The number of hydrogen-bond donors (Lipinski definition) is 1. The second-order valence-electron chi connectivity index (χ2n) is 4.57. The highest BCUT2D eigenvalue weighted by atomic mass is 32.2. The van der Waals surface area contributed by atoms with Gasteiger partial charge in [0.1, 0.15) is 0 Å². The first-order valence-electron chi connectivity index (χ1n) is 7.09. The third-order valence-electron chi connectivity index (χ3n) is 3.18. The van der Waals surface area contributed by atoms with Gasteiger partial charge in [-0.3, -0.25) is 0 Å². The van der Waals surface area contributed by atoms with Crippen LogP contribution in [0.3, 0.4) is 0 Å². The highest BCUT2D eigenvalue weighted by molar-refractivity contribution is 7.99. The minimum absolute atomic E-state index is 0.733. The zero-order valence-electron chi connectivity index (χ0n) is 11.7. The molecule has 1 N–H and O–H groups in total. The van der Waals surface area contributed by atoms with E-state index in [2.05, 4.69) is 44.8 Å². The molecule has 0 spiro atoms. The first kappa shape index (κ1) is 16.3. The summed E-state index contributed by atoms with van der Waals surface area (Å²) in [4.78, 5) is 0. The van der Waals surface area contributed by atoms with Crippen molar-refractivity contribution in [3.63, 3.8) is 0 Å². The average Bonchev–Trinajstić information content (AvgIpc) is 2.31. The van der Waals surface area contributed by atoms with Crippen LogP contribution in [0.4, 0.5) is 0 Å². The molecule has 0 saturated heterocycles. The molecule has 0 aliphatic heterocycles. The Balaban J connectivity index is 3.90. The van der Waals surface area contributed by atoms with E-state index in [-0.39, 0.29) is 0 Å². The van der Waals surface area contributed by atoms with E-state index in [4.69, 9.17) is 0 Å². The summed E-state index contributed by atoms with van der Waals surface area (Å²) in [6, 6.07) is 0.733. The molecule has 1 nitrogen and oxygen atoms in total. The van der Waals surface area contributed by atoms with Crippen molar-refractivity contribution in [2.45, 2.75) is 65.8 Å². The lowest BCUT2D eigenvalue weighted by Gasteiger charge is -2.23. The lowest BCUT2D eigenvalue weighted by atomic mass is 9.92. The molecule has 0 fully saturated rings. The van der Waals surface area contributed by atoms with E-state index in [0.717, 1.165) is 18.5 Å². The van der Waals surface area contributed by atoms with Gasteiger partial charge in [0.2, 0.25) is 0 Å². The van der Waals surface area contributed by atoms with Crippen LogP contribution in [-0.2, 0) is 0 Å². The fourth-order valence-electron chi connectivity index (χ4n) is 2.14. The van der Waals surface area contributed by atoms with E-state index in [1.807, 2.05) is 0 Å². The van der Waals surface area contributed by atoms with Crippen molar-refractivity contribution in [3.05, 3.63) is 0 Å². The largest absolute Gasteiger partial charge is 0.313 e. The van der Waals surface area contributed by atoms with Crippen LogP contribution in [-0.4, -0.2) is 24.1 Å². The van der Waals surface area contributed by atoms with E-state index < -0.39 is 0 Å². The van der Waals surface area contributed by atoms with Crippen molar-refractivity contribution in [1.82, 2.24) is 5.32 Å². The number of hydrogen-bond acceptors (Lipinski definition) is 2. The third kappa shape index (κ3) is 8.46. The highest BCUT2D eigenvalue weighted by Crippen LogP contribution is 2.20. The molecule has 0 amide bonds. The van der Waals surface area contributed by atoms with E-state index in [0.29, 0.717) is 0 Å². The summed E-state index contributed by atoms with van der Waals surface area (Å²) in [7, 11) is 0. The molecule has 0 aliphatic carbocycles. The Morgan fingerprint density at radius 2 is 1.88 bits per heavy atom. The van der Waals surface area contributed by atoms with Gasteiger partial charge in [0, 0.05) is 11.8 Å². The van der Waals surface area contributed by atoms with Crippen LogP contribution in [0.25, 0.3) is 0 Å². The smallest absolute Gasteiger partial charge is 0.0160 e. The van der Waals surface area contributed by atoms with Crippen LogP contribution in [0.15, 0.2) is 0 Å². The van der Waals surface area contributed by atoms with Crippen LogP contribution in [0.2, 0.25) is 0 Å². The Labute approximate surface area is 107 Å². The highest BCUT2D eigenvalue weighted by Gasteiger charge is 2.13. The minimum atomic E-state index is 0.733. The van der Waals surface area contributed by atoms with Gasteiger partial charge in [-0.15, -0.1) is 0 Å². The lowest BCUT2D eigenvalue weighted by molar-refractivity contribution is 0.368. The standard InChI is InChI=1S/C14H31NS/c1-5-9-10-13(6-2)11-14(15-7-3)12-16-8-4/h13-15H,5-12H2,1-4H3. The second kappa shape index (κ2) is 11.8. The topological polar surface area (TPSA) is 12.0 Å². The monoisotopic (exact) mass is 245 g/mol. The molecule has 2 unspecified atom stereocenters. The summed E-state index contributed by atoms with van der Waals surface area (Å²) in [5.74, 6) is 3.46. The van der Waals surface area contributed by atoms with E-state index in [1.165, 1.54) is 43.6 Å². The van der Waals surface area contributed by atoms with Gasteiger partial charge in [-0.2, -0.15) is 11.8 Å². The van der Waals surface area contributed by atoms with E-state index in [1.54, 1.807) is 0 Å². The predicted molar refractivity (Wildman–Crippen MR) is 78.4 cm³/mol. The molecule has 2 heteroatoms.